The molecule has 1 aromatic carbocycles. The number of fused-ring (bicyclic) bond motifs is 1. The number of carbonyl (C=O) groups is 2. The Kier molecular flexibility index (Phi) is 5.89. The van der Waals surface area contributed by atoms with Crippen LogP contribution >= 0.6 is 11.6 Å². The van der Waals surface area contributed by atoms with Gasteiger partial charge in [0.05, 0.1) is 27.8 Å². The molecule has 1 aliphatic heterocycles. The summed E-state index contributed by atoms with van der Waals surface area (Å²) in [4.78, 5) is 36.1. The van der Waals surface area contributed by atoms with Gasteiger partial charge in [-0.15, -0.1) is 11.6 Å². The summed E-state index contributed by atoms with van der Waals surface area (Å²) in [5.74, 6) is 0.255. The number of hydrogen-bond acceptors (Lipinski definition) is 4. The molecule has 1 fully saturated rings. The van der Waals surface area contributed by atoms with Gasteiger partial charge < -0.3 is 10.2 Å². The maximum absolute atomic E-state index is 12.7. The average Bonchev–Trinajstić information content (AvgIpc) is 2.68. The van der Waals surface area contributed by atoms with Crippen LogP contribution in [0.3, 0.4) is 0 Å². The minimum absolute atomic E-state index is 0.0530. The highest BCUT2D eigenvalue weighted by Crippen LogP contribution is 2.23. The standard InChI is InChI=1S/C21H27ClN4O2/c1-13-14(2)24-18-11-15(5-6-17(18)23-13)19(27)25-16-7-9-26(10-8-16)20(28)21(3,4)12-22/h5-6,11,16H,7-10,12H2,1-4H3,(H,25,27). The molecule has 0 radical (unpaired) electrons. The van der Waals surface area contributed by atoms with E-state index >= 15 is 0 Å². The van der Waals surface area contributed by atoms with E-state index in [1.54, 1.807) is 12.1 Å². The Hall–Kier alpha value is -2.21. The Morgan fingerprint density at radius 1 is 1.14 bits per heavy atom. The van der Waals surface area contributed by atoms with E-state index in [0.29, 0.717) is 24.5 Å². The lowest BCUT2D eigenvalue weighted by molar-refractivity contribution is -0.140. The zero-order chi connectivity index (χ0) is 20.5. The molecule has 0 spiro atoms. The van der Waals surface area contributed by atoms with Crippen molar-refractivity contribution in [3.8, 4) is 0 Å². The molecule has 1 saturated heterocycles. The lowest BCUT2D eigenvalue weighted by atomic mass is 9.92. The number of nitrogens with zero attached hydrogens (tertiary/aromatic N) is 3. The molecule has 2 heterocycles. The Morgan fingerprint density at radius 3 is 2.36 bits per heavy atom. The molecule has 7 heteroatoms. The highest BCUT2D eigenvalue weighted by atomic mass is 35.5. The van der Waals surface area contributed by atoms with Crippen molar-refractivity contribution in [2.45, 2.75) is 46.6 Å². The van der Waals surface area contributed by atoms with Crippen LogP contribution in [0.2, 0.25) is 0 Å². The highest BCUT2D eigenvalue weighted by molar-refractivity contribution is 6.19. The maximum atomic E-state index is 12.7. The van der Waals surface area contributed by atoms with Crippen LogP contribution in [0.15, 0.2) is 18.2 Å². The van der Waals surface area contributed by atoms with Crippen molar-refractivity contribution in [2.24, 2.45) is 5.41 Å². The van der Waals surface area contributed by atoms with Gasteiger partial charge in [-0.2, -0.15) is 0 Å². The van der Waals surface area contributed by atoms with Crippen molar-refractivity contribution < 1.29 is 9.59 Å². The number of rotatable bonds is 4. The molecule has 0 saturated carbocycles. The van der Waals surface area contributed by atoms with E-state index in [0.717, 1.165) is 35.3 Å². The molecule has 150 valence electrons. The van der Waals surface area contributed by atoms with Crippen molar-refractivity contribution >= 4 is 34.4 Å². The third-order valence-corrected chi connectivity index (χ3v) is 6.04. The monoisotopic (exact) mass is 402 g/mol. The van der Waals surface area contributed by atoms with Gasteiger partial charge in [-0.25, -0.2) is 9.97 Å². The molecule has 6 nitrogen and oxygen atoms in total. The molecule has 0 aliphatic carbocycles. The molecule has 0 unspecified atom stereocenters. The molecule has 2 aromatic rings. The number of halogens is 1. The van der Waals surface area contributed by atoms with E-state index in [1.807, 2.05) is 38.7 Å². The van der Waals surface area contributed by atoms with Gasteiger partial charge in [0.2, 0.25) is 5.91 Å². The normalized spacial score (nSPS) is 15.7. The van der Waals surface area contributed by atoms with Crippen molar-refractivity contribution in [1.82, 2.24) is 20.2 Å². The zero-order valence-electron chi connectivity index (χ0n) is 16.9. The number of carbonyl (C=O) groups excluding carboxylic acids is 2. The smallest absolute Gasteiger partial charge is 0.251 e. The fraction of sp³-hybridized carbons (Fsp3) is 0.524. The molecule has 1 aliphatic rings. The minimum Gasteiger partial charge on any atom is -0.349 e. The SMILES string of the molecule is Cc1nc2ccc(C(=O)NC3CCN(C(=O)C(C)(C)CCl)CC3)cc2nc1C. The van der Waals surface area contributed by atoms with E-state index in [-0.39, 0.29) is 17.9 Å². The van der Waals surface area contributed by atoms with Crippen molar-refractivity contribution in [1.29, 1.82) is 0 Å². The van der Waals surface area contributed by atoms with Gasteiger partial charge in [-0.1, -0.05) is 0 Å². The van der Waals surface area contributed by atoms with Crippen LogP contribution in [-0.4, -0.2) is 51.7 Å². The summed E-state index contributed by atoms with van der Waals surface area (Å²) in [7, 11) is 0. The van der Waals surface area contributed by atoms with Gasteiger partial charge in [-0.3, -0.25) is 9.59 Å². The summed E-state index contributed by atoms with van der Waals surface area (Å²) in [6.45, 7) is 8.82. The summed E-state index contributed by atoms with van der Waals surface area (Å²) in [5, 5.41) is 3.09. The maximum Gasteiger partial charge on any atom is 0.251 e. The molecule has 28 heavy (non-hydrogen) atoms. The second-order valence-corrected chi connectivity index (χ2v) is 8.42. The fourth-order valence-corrected chi connectivity index (χ4v) is 3.47. The van der Waals surface area contributed by atoms with Crippen LogP contribution in [0, 0.1) is 19.3 Å². The zero-order valence-corrected chi connectivity index (χ0v) is 17.6. The number of piperidine rings is 1. The van der Waals surface area contributed by atoms with Crippen LogP contribution in [0.4, 0.5) is 0 Å². The van der Waals surface area contributed by atoms with E-state index in [2.05, 4.69) is 15.3 Å². The Bertz CT molecular complexity index is 905. The lowest BCUT2D eigenvalue weighted by Gasteiger charge is -2.36. The molecular weight excluding hydrogens is 376 g/mol. The van der Waals surface area contributed by atoms with E-state index in [1.165, 1.54) is 0 Å². The number of nitrogens with one attached hydrogen (secondary N) is 1. The predicted octanol–water partition coefficient (Wildman–Crippen LogP) is 3.23. The number of benzene rings is 1. The number of aromatic nitrogens is 2. The average molecular weight is 403 g/mol. The Balaban J connectivity index is 1.62. The number of amides is 2. The first-order chi connectivity index (χ1) is 13.2. The molecule has 0 bridgehead atoms. The van der Waals surface area contributed by atoms with Crippen LogP contribution in [-0.2, 0) is 4.79 Å². The summed E-state index contributed by atoms with van der Waals surface area (Å²) in [5.41, 5.74) is 3.28. The third-order valence-electron chi connectivity index (χ3n) is 5.37. The molecule has 3 rings (SSSR count). The predicted molar refractivity (Wildman–Crippen MR) is 111 cm³/mol. The summed E-state index contributed by atoms with van der Waals surface area (Å²) in [6, 6.07) is 5.45. The highest BCUT2D eigenvalue weighted by Gasteiger charge is 2.33. The van der Waals surface area contributed by atoms with E-state index in [4.69, 9.17) is 11.6 Å². The minimum atomic E-state index is -0.555. The first-order valence-electron chi connectivity index (χ1n) is 9.62. The first-order valence-corrected chi connectivity index (χ1v) is 10.2. The number of hydrogen-bond donors (Lipinski definition) is 1. The topological polar surface area (TPSA) is 75.2 Å². The van der Waals surface area contributed by atoms with Crippen LogP contribution in [0.5, 0.6) is 0 Å². The lowest BCUT2D eigenvalue weighted by Crippen LogP contribution is -2.50. The van der Waals surface area contributed by atoms with Gasteiger partial charge >= 0.3 is 0 Å². The van der Waals surface area contributed by atoms with Gasteiger partial charge in [0.25, 0.3) is 5.91 Å². The molecule has 0 atom stereocenters. The van der Waals surface area contributed by atoms with Gasteiger partial charge in [0.15, 0.2) is 0 Å². The second-order valence-electron chi connectivity index (χ2n) is 8.16. The molecule has 2 amide bonds. The van der Waals surface area contributed by atoms with Gasteiger partial charge in [-0.05, 0) is 58.7 Å². The van der Waals surface area contributed by atoms with E-state index < -0.39 is 5.41 Å². The number of aryl methyl sites for hydroxylation is 2. The van der Waals surface area contributed by atoms with Crippen LogP contribution in [0.1, 0.15) is 48.4 Å². The second kappa shape index (κ2) is 8.03. The van der Waals surface area contributed by atoms with Gasteiger partial charge in [0.1, 0.15) is 0 Å². The third kappa shape index (κ3) is 4.27. The summed E-state index contributed by atoms with van der Waals surface area (Å²) in [6.07, 6.45) is 1.48. The van der Waals surface area contributed by atoms with Crippen LogP contribution in [0.25, 0.3) is 11.0 Å². The Labute approximate surface area is 170 Å². The number of likely N-dealkylation sites (tertiary alicyclic amines) is 1. The van der Waals surface area contributed by atoms with Crippen molar-refractivity contribution in [3.05, 3.63) is 35.2 Å². The largest absolute Gasteiger partial charge is 0.349 e. The van der Waals surface area contributed by atoms with Crippen molar-refractivity contribution in [2.75, 3.05) is 19.0 Å². The summed E-state index contributed by atoms with van der Waals surface area (Å²) >= 11 is 5.92. The molecular formula is C21H27ClN4O2. The number of alkyl halides is 1. The van der Waals surface area contributed by atoms with Gasteiger partial charge in [0, 0.05) is 30.6 Å². The fourth-order valence-electron chi connectivity index (χ4n) is 3.35. The van der Waals surface area contributed by atoms with Crippen LogP contribution < -0.4 is 5.32 Å². The Morgan fingerprint density at radius 2 is 1.75 bits per heavy atom. The van der Waals surface area contributed by atoms with E-state index in [9.17, 15) is 9.59 Å². The van der Waals surface area contributed by atoms with Crippen molar-refractivity contribution in [3.63, 3.8) is 0 Å². The quantitative estimate of drug-likeness (QED) is 0.796. The first kappa shape index (κ1) is 20.5. The molecule has 1 aromatic heterocycles. The molecule has 1 N–H and O–H groups in total. The summed E-state index contributed by atoms with van der Waals surface area (Å²) < 4.78 is 0.